The molecule has 0 saturated heterocycles. The summed E-state index contributed by atoms with van der Waals surface area (Å²) in [5.74, 6) is 5.99. The zero-order chi connectivity index (χ0) is 18.1. The van der Waals surface area contributed by atoms with Gasteiger partial charge in [-0.2, -0.15) is 0 Å². The molecule has 2 aromatic rings. The maximum absolute atomic E-state index is 12.8. The second-order valence-corrected chi connectivity index (χ2v) is 7.55. The van der Waals surface area contributed by atoms with Crippen LogP contribution in [0.25, 0.3) is 10.9 Å². The first kappa shape index (κ1) is 17.3. The van der Waals surface area contributed by atoms with Crippen LogP contribution >= 0.6 is 0 Å². The molecule has 1 aliphatic heterocycles. The third kappa shape index (κ3) is 3.53. The van der Waals surface area contributed by atoms with Crippen LogP contribution in [0.15, 0.2) is 23.0 Å². The fraction of sp³-hybridized carbons (Fsp3) is 0.524. The minimum Gasteiger partial charge on any atom is -0.366 e. The van der Waals surface area contributed by atoms with Crippen molar-refractivity contribution in [1.29, 1.82) is 0 Å². The van der Waals surface area contributed by atoms with Crippen LogP contribution in [-0.2, 0) is 13.0 Å². The molecule has 0 amide bonds. The van der Waals surface area contributed by atoms with Crippen LogP contribution in [0, 0.1) is 17.8 Å². The summed E-state index contributed by atoms with van der Waals surface area (Å²) in [6, 6.07) is 5.55. The molecular formula is C21H24N2O3. The Morgan fingerprint density at radius 3 is 2.77 bits per heavy atom. The van der Waals surface area contributed by atoms with E-state index in [9.17, 15) is 15.0 Å². The van der Waals surface area contributed by atoms with Crippen LogP contribution in [0.4, 0.5) is 0 Å². The lowest BCUT2D eigenvalue weighted by molar-refractivity contribution is -0.169. The van der Waals surface area contributed by atoms with Crippen LogP contribution in [0.3, 0.4) is 0 Å². The highest BCUT2D eigenvalue weighted by molar-refractivity contribution is 5.79. The standard InChI is InChI=1S/C21H24N2O3/c24-20-17-9-8-16(7-6-15-4-2-1-3-5-15)14-18(17)22-19-10-11-21(25,26)12-13-23(19)20/h8-9,14-15,25-26H,1-5,10-13H2. The molecule has 0 unspecified atom stereocenters. The molecule has 1 saturated carbocycles. The fourth-order valence-corrected chi connectivity index (χ4v) is 3.93. The highest BCUT2D eigenvalue weighted by Gasteiger charge is 2.28. The topological polar surface area (TPSA) is 75.4 Å². The number of rotatable bonds is 0. The van der Waals surface area contributed by atoms with E-state index in [1.807, 2.05) is 12.1 Å². The second kappa shape index (κ2) is 6.86. The summed E-state index contributed by atoms with van der Waals surface area (Å²) in [6.45, 7) is 0.271. The van der Waals surface area contributed by atoms with Crippen molar-refractivity contribution >= 4 is 10.9 Å². The Labute approximate surface area is 152 Å². The second-order valence-electron chi connectivity index (χ2n) is 7.55. The van der Waals surface area contributed by atoms with Crippen molar-refractivity contribution in [2.75, 3.05) is 0 Å². The zero-order valence-electron chi connectivity index (χ0n) is 14.9. The molecule has 1 fully saturated rings. The number of nitrogens with zero attached hydrogens (tertiary/aromatic N) is 2. The van der Waals surface area contributed by atoms with Crippen LogP contribution in [0.2, 0.25) is 0 Å². The van der Waals surface area contributed by atoms with E-state index in [2.05, 4.69) is 16.8 Å². The van der Waals surface area contributed by atoms with E-state index in [1.54, 1.807) is 10.6 Å². The number of aryl methyl sites for hydroxylation is 1. The summed E-state index contributed by atoms with van der Waals surface area (Å²) < 4.78 is 1.57. The number of hydrogen-bond donors (Lipinski definition) is 2. The van der Waals surface area contributed by atoms with E-state index in [4.69, 9.17) is 0 Å². The lowest BCUT2D eigenvalue weighted by Crippen LogP contribution is -2.29. The molecule has 1 aromatic carbocycles. The van der Waals surface area contributed by atoms with Gasteiger partial charge in [0.2, 0.25) is 0 Å². The molecule has 136 valence electrons. The number of benzene rings is 1. The summed E-state index contributed by atoms with van der Waals surface area (Å²) in [5.41, 5.74) is 1.40. The first-order valence-corrected chi connectivity index (χ1v) is 9.52. The summed E-state index contributed by atoms with van der Waals surface area (Å²) in [5, 5.41) is 20.3. The smallest absolute Gasteiger partial charge is 0.261 e. The lowest BCUT2D eigenvalue weighted by atomic mass is 9.89. The minimum absolute atomic E-state index is 0.116. The normalized spacial score (nSPS) is 20.1. The van der Waals surface area contributed by atoms with Crippen molar-refractivity contribution in [1.82, 2.24) is 9.55 Å². The predicted octanol–water partition coefficient (Wildman–Crippen LogP) is 2.35. The molecule has 0 bridgehead atoms. The van der Waals surface area contributed by atoms with Gasteiger partial charge < -0.3 is 10.2 Å². The molecule has 0 atom stereocenters. The molecule has 1 aromatic heterocycles. The van der Waals surface area contributed by atoms with Gasteiger partial charge in [0.15, 0.2) is 5.79 Å². The summed E-state index contributed by atoms with van der Waals surface area (Å²) in [7, 11) is 0. The molecule has 2 N–H and O–H groups in total. The molecule has 0 radical (unpaired) electrons. The molecule has 5 nitrogen and oxygen atoms in total. The van der Waals surface area contributed by atoms with Gasteiger partial charge in [0, 0.05) is 37.3 Å². The van der Waals surface area contributed by atoms with Crippen LogP contribution in [0.5, 0.6) is 0 Å². The molecule has 5 heteroatoms. The van der Waals surface area contributed by atoms with Gasteiger partial charge in [0.1, 0.15) is 5.82 Å². The molecule has 0 spiro atoms. The van der Waals surface area contributed by atoms with Gasteiger partial charge in [-0.1, -0.05) is 31.1 Å². The van der Waals surface area contributed by atoms with E-state index in [-0.39, 0.29) is 24.9 Å². The van der Waals surface area contributed by atoms with E-state index >= 15 is 0 Å². The third-order valence-corrected chi connectivity index (χ3v) is 5.54. The number of aliphatic hydroxyl groups is 2. The molecule has 2 heterocycles. The summed E-state index contributed by atoms with van der Waals surface area (Å²) in [6.07, 6.45) is 6.89. The van der Waals surface area contributed by atoms with Crippen molar-refractivity contribution in [2.24, 2.45) is 5.92 Å². The highest BCUT2D eigenvalue weighted by Crippen LogP contribution is 2.23. The Hall–Kier alpha value is -2.16. The maximum atomic E-state index is 12.8. The van der Waals surface area contributed by atoms with Gasteiger partial charge in [0.05, 0.1) is 10.9 Å². The molecule has 4 rings (SSSR count). The van der Waals surface area contributed by atoms with Gasteiger partial charge in [-0.15, -0.1) is 0 Å². The number of aromatic nitrogens is 2. The average Bonchev–Trinajstić information content (AvgIpc) is 2.79. The molecule has 2 aliphatic rings. The maximum Gasteiger partial charge on any atom is 0.261 e. The Kier molecular flexibility index (Phi) is 4.56. The Bertz CT molecular complexity index is 943. The summed E-state index contributed by atoms with van der Waals surface area (Å²) >= 11 is 0. The van der Waals surface area contributed by atoms with E-state index < -0.39 is 5.79 Å². The van der Waals surface area contributed by atoms with Crippen molar-refractivity contribution in [3.63, 3.8) is 0 Å². The van der Waals surface area contributed by atoms with Gasteiger partial charge in [-0.3, -0.25) is 9.36 Å². The van der Waals surface area contributed by atoms with Gasteiger partial charge in [-0.25, -0.2) is 4.98 Å². The monoisotopic (exact) mass is 352 g/mol. The summed E-state index contributed by atoms with van der Waals surface area (Å²) in [4.78, 5) is 17.4. The Balaban J connectivity index is 1.69. The Morgan fingerprint density at radius 1 is 1.15 bits per heavy atom. The largest absolute Gasteiger partial charge is 0.366 e. The van der Waals surface area contributed by atoms with Crippen LogP contribution in [-0.4, -0.2) is 25.6 Å². The van der Waals surface area contributed by atoms with Crippen molar-refractivity contribution in [3.8, 4) is 11.8 Å². The quantitative estimate of drug-likeness (QED) is 0.564. The Morgan fingerprint density at radius 2 is 1.96 bits per heavy atom. The average molecular weight is 352 g/mol. The first-order chi connectivity index (χ1) is 12.5. The van der Waals surface area contributed by atoms with Crippen LogP contribution < -0.4 is 5.56 Å². The third-order valence-electron chi connectivity index (χ3n) is 5.54. The van der Waals surface area contributed by atoms with Crippen molar-refractivity contribution in [2.45, 2.75) is 63.7 Å². The highest BCUT2D eigenvalue weighted by atomic mass is 16.5. The lowest BCUT2D eigenvalue weighted by Gasteiger charge is -2.17. The zero-order valence-corrected chi connectivity index (χ0v) is 14.9. The minimum atomic E-state index is -1.73. The molecule has 26 heavy (non-hydrogen) atoms. The van der Waals surface area contributed by atoms with E-state index in [0.717, 1.165) is 5.56 Å². The van der Waals surface area contributed by atoms with E-state index in [0.29, 0.717) is 29.1 Å². The molecule has 1 aliphatic carbocycles. The van der Waals surface area contributed by atoms with Gasteiger partial charge in [-0.05, 0) is 31.0 Å². The first-order valence-electron chi connectivity index (χ1n) is 9.52. The van der Waals surface area contributed by atoms with Gasteiger partial charge >= 0.3 is 0 Å². The SMILES string of the molecule is O=c1c2ccc(C#CC3CCCCC3)cc2nc2n1CCC(O)(O)CC2. The molecular weight excluding hydrogens is 328 g/mol. The number of hydrogen-bond acceptors (Lipinski definition) is 4. The van der Waals surface area contributed by atoms with Crippen molar-refractivity contribution < 1.29 is 10.2 Å². The fourth-order valence-electron chi connectivity index (χ4n) is 3.93. The van der Waals surface area contributed by atoms with E-state index in [1.165, 1.54) is 32.1 Å². The van der Waals surface area contributed by atoms with Crippen LogP contribution in [0.1, 0.15) is 56.3 Å². The van der Waals surface area contributed by atoms with Gasteiger partial charge in [0.25, 0.3) is 5.56 Å². The van der Waals surface area contributed by atoms with Crippen molar-refractivity contribution in [3.05, 3.63) is 39.9 Å². The number of fused-ring (bicyclic) bond motifs is 2. The predicted molar refractivity (Wildman–Crippen MR) is 99.6 cm³/mol.